The molecule has 4 rings (SSSR count). The van der Waals surface area contributed by atoms with Crippen LogP contribution in [0.2, 0.25) is 5.02 Å². The second-order valence-electron chi connectivity index (χ2n) is 8.39. The third kappa shape index (κ3) is 4.58. The van der Waals surface area contributed by atoms with Gasteiger partial charge in [0.15, 0.2) is 0 Å². The summed E-state index contributed by atoms with van der Waals surface area (Å²) in [6, 6.07) is 8.41. The number of likely N-dealkylation sites (tertiary alicyclic amines) is 1. The molecule has 1 aromatic heterocycles. The molecule has 5 nitrogen and oxygen atoms in total. The molecule has 2 heterocycles. The van der Waals surface area contributed by atoms with E-state index in [9.17, 15) is 5.11 Å². The van der Waals surface area contributed by atoms with Gasteiger partial charge < -0.3 is 5.11 Å². The minimum atomic E-state index is -0.427. The maximum absolute atomic E-state index is 10.9. The van der Waals surface area contributed by atoms with Gasteiger partial charge >= 0.3 is 0 Å². The Labute approximate surface area is 172 Å². The largest absolute Gasteiger partial charge is 0.390 e. The fourth-order valence-corrected chi connectivity index (χ4v) is 4.47. The van der Waals surface area contributed by atoms with E-state index in [2.05, 4.69) is 40.5 Å². The molecule has 0 radical (unpaired) electrons. The zero-order valence-electron chi connectivity index (χ0n) is 16.7. The molecule has 0 unspecified atom stereocenters. The van der Waals surface area contributed by atoms with Gasteiger partial charge in [-0.2, -0.15) is 0 Å². The van der Waals surface area contributed by atoms with Crippen LogP contribution in [0.5, 0.6) is 0 Å². The van der Waals surface area contributed by atoms with E-state index in [1.54, 1.807) is 0 Å². The van der Waals surface area contributed by atoms with E-state index in [1.807, 2.05) is 16.8 Å². The zero-order chi connectivity index (χ0) is 19.5. The highest BCUT2D eigenvalue weighted by molar-refractivity contribution is 6.30. The van der Waals surface area contributed by atoms with Crippen LogP contribution in [0.15, 0.2) is 30.5 Å². The Kier molecular flexibility index (Phi) is 6.34. The van der Waals surface area contributed by atoms with Crippen LogP contribution in [0.1, 0.15) is 81.1 Å². The van der Waals surface area contributed by atoms with E-state index in [0.717, 1.165) is 23.7 Å². The minimum absolute atomic E-state index is 0.0347. The number of β-amino-alcohol motifs (C(OH)–C–C–N with tert-alkyl or cyclic N) is 1. The number of halogens is 1. The molecule has 28 heavy (non-hydrogen) atoms. The number of nitrogens with zero attached hydrogens (tertiary/aromatic N) is 4. The molecule has 0 amide bonds. The second kappa shape index (κ2) is 8.93. The molecule has 1 aliphatic carbocycles. The van der Waals surface area contributed by atoms with Crippen molar-refractivity contribution in [3.8, 4) is 0 Å². The first-order valence-corrected chi connectivity index (χ1v) is 11.1. The average molecular weight is 403 g/mol. The lowest BCUT2D eigenvalue weighted by atomic mass is 9.89. The van der Waals surface area contributed by atoms with Crippen molar-refractivity contribution in [1.82, 2.24) is 19.9 Å². The summed E-state index contributed by atoms with van der Waals surface area (Å²) >= 11 is 6.12. The predicted octanol–water partition coefficient (Wildman–Crippen LogP) is 4.74. The lowest BCUT2D eigenvalue weighted by Gasteiger charge is -2.42. The van der Waals surface area contributed by atoms with Gasteiger partial charge in [-0.05, 0) is 49.9 Å². The molecule has 1 N–H and O–H groups in total. The number of benzene rings is 1. The van der Waals surface area contributed by atoms with E-state index in [-0.39, 0.29) is 12.1 Å². The van der Waals surface area contributed by atoms with Gasteiger partial charge in [0.25, 0.3) is 0 Å². The van der Waals surface area contributed by atoms with Crippen molar-refractivity contribution in [3.05, 3.63) is 46.7 Å². The SMILES string of the molecule is CCCCCCN1C[C@H](O)[C@@H](n2cc(C3CC3)nn2)C[C@@H]1c1ccc(Cl)cc1. The first-order valence-electron chi connectivity index (χ1n) is 10.7. The molecule has 6 heteroatoms. The van der Waals surface area contributed by atoms with Crippen LogP contribution in [0.4, 0.5) is 0 Å². The van der Waals surface area contributed by atoms with Gasteiger partial charge in [-0.15, -0.1) is 5.10 Å². The maximum Gasteiger partial charge on any atom is 0.0892 e. The van der Waals surface area contributed by atoms with Crippen LogP contribution in [0.25, 0.3) is 0 Å². The van der Waals surface area contributed by atoms with Gasteiger partial charge in [0.2, 0.25) is 0 Å². The summed E-state index contributed by atoms with van der Waals surface area (Å²) in [7, 11) is 0. The Morgan fingerprint density at radius 3 is 2.64 bits per heavy atom. The first-order chi connectivity index (χ1) is 13.7. The second-order valence-corrected chi connectivity index (χ2v) is 8.83. The predicted molar refractivity (Wildman–Crippen MR) is 112 cm³/mol. The van der Waals surface area contributed by atoms with E-state index >= 15 is 0 Å². The number of rotatable bonds is 8. The Bertz CT molecular complexity index is 758. The third-order valence-electron chi connectivity index (χ3n) is 6.19. The molecule has 1 aromatic carbocycles. The summed E-state index contributed by atoms with van der Waals surface area (Å²) in [6.07, 6.45) is 9.82. The average Bonchev–Trinajstić information content (AvgIpc) is 3.44. The summed E-state index contributed by atoms with van der Waals surface area (Å²) in [6.45, 7) is 3.92. The zero-order valence-corrected chi connectivity index (χ0v) is 17.4. The van der Waals surface area contributed by atoms with Gasteiger partial charge in [-0.3, -0.25) is 4.90 Å². The minimum Gasteiger partial charge on any atom is -0.390 e. The summed E-state index contributed by atoms with van der Waals surface area (Å²) in [5.41, 5.74) is 2.34. The number of hydrogen-bond donors (Lipinski definition) is 1. The van der Waals surface area contributed by atoms with Gasteiger partial charge in [0.05, 0.1) is 17.8 Å². The van der Waals surface area contributed by atoms with Gasteiger partial charge in [0.1, 0.15) is 0 Å². The molecule has 152 valence electrons. The van der Waals surface area contributed by atoms with Crippen LogP contribution >= 0.6 is 11.6 Å². The number of aliphatic hydroxyl groups is 1. The van der Waals surface area contributed by atoms with Crippen LogP contribution in [0.3, 0.4) is 0 Å². The number of aromatic nitrogens is 3. The highest BCUT2D eigenvalue weighted by Crippen LogP contribution is 2.41. The lowest BCUT2D eigenvalue weighted by Crippen LogP contribution is -2.46. The van der Waals surface area contributed by atoms with Crippen molar-refractivity contribution in [3.63, 3.8) is 0 Å². The third-order valence-corrected chi connectivity index (χ3v) is 6.44. The van der Waals surface area contributed by atoms with Crippen molar-refractivity contribution in [2.75, 3.05) is 13.1 Å². The highest BCUT2D eigenvalue weighted by atomic mass is 35.5. The maximum atomic E-state index is 10.9. The molecule has 0 spiro atoms. The van der Waals surface area contributed by atoms with E-state index in [0.29, 0.717) is 12.5 Å². The molecule has 0 bridgehead atoms. The van der Waals surface area contributed by atoms with Crippen molar-refractivity contribution in [2.45, 2.75) is 76.0 Å². The molecular weight excluding hydrogens is 372 g/mol. The molecule has 1 aliphatic heterocycles. The van der Waals surface area contributed by atoms with Crippen LogP contribution in [-0.4, -0.2) is 44.2 Å². The molecule has 3 atom stereocenters. The van der Waals surface area contributed by atoms with Crippen LogP contribution in [-0.2, 0) is 0 Å². The molecule has 2 fully saturated rings. The van der Waals surface area contributed by atoms with E-state index < -0.39 is 6.10 Å². The van der Waals surface area contributed by atoms with Crippen molar-refractivity contribution in [2.24, 2.45) is 0 Å². The molecule has 1 saturated heterocycles. The smallest absolute Gasteiger partial charge is 0.0892 e. The highest BCUT2D eigenvalue weighted by Gasteiger charge is 2.37. The van der Waals surface area contributed by atoms with Crippen LogP contribution < -0.4 is 0 Å². The molecule has 2 aromatic rings. The summed E-state index contributed by atoms with van der Waals surface area (Å²) in [5, 5.41) is 20.4. The standard InChI is InChI=1S/C22H31ClN4O/c1-2-3-4-5-12-26-15-22(28)21(27-14-19(24-25-27)16-6-7-16)13-20(26)17-8-10-18(23)11-9-17/h8-11,14,16,20-22,28H,2-7,12-13,15H2,1H3/t20-,21+,22+/m1/s1. The number of hydrogen-bond acceptors (Lipinski definition) is 4. The normalized spacial score (nSPS) is 25.9. The summed E-state index contributed by atoms with van der Waals surface area (Å²) < 4.78 is 1.91. The molecular formula is C22H31ClN4O. The van der Waals surface area contributed by atoms with Crippen LogP contribution in [0, 0.1) is 0 Å². The Morgan fingerprint density at radius 2 is 1.93 bits per heavy atom. The van der Waals surface area contributed by atoms with E-state index in [1.165, 1.54) is 44.1 Å². The quantitative estimate of drug-likeness (QED) is 0.648. The van der Waals surface area contributed by atoms with Crippen molar-refractivity contribution < 1.29 is 5.11 Å². The number of unbranched alkanes of at least 4 members (excludes halogenated alkanes) is 3. The Balaban J connectivity index is 1.52. The first kappa shape index (κ1) is 19.9. The topological polar surface area (TPSA) is 54.2 Å². The number of piperidine rings is 1. The molecule has 2 aliphatic rings. The Hall–Kier alpha value is -1.43. The Morgan fingerprint density at radius 1 is 1.14 bits per heavy atom. The summed E-state index contributed by atoms with van der Waals surface area (Å²) in [5.74, 6) is 0.580. The molecule has 1 saturated carbocycles. The monoisotopic (exact) mass is 402 g/mol. The lowest BCUT2D eigenvalue weighted by molar-refractivity contribution is -0.0102. The van der Waals surface area contributed by atoms with Crippen molar-refractivity contribution >= 4 is 11.6 Å². The summed E-state index contributed by atoms with van der Waals surface area (Å²) in [4.78, 5) is 2.44. The fraction of sp³-hybridized carbons (Fsp3) is 0.636. The van der Waals surface area contributed by atoms with Gasteiger partial charge in [-0.1, -0.05) is 55.1 Å². The fourth-order valence-electron chi connectivity index (χ4n) is 4.35. The number of aliphatic hydroxyl groups excluding tert-OH is 1. The van der Waals surface area contributed by atoms with E-state index in [4.69, 9.17) is 11.6 Å². The van der Waals surface area contributed by atoms with Crippen molar-refractivity contribution in [1.29, 1.82) is 0 Å². The van der Waals surface area contributed by atoms with Gasteiger partial charge in [0, 0.05) is 29.7 Å². The van der Waals surface area contributed by atoms with Gasteiger partial charge in [-0.25, -0.2) is 4.68 Å².